The second kappa shape index (κ2) is 6.96. The molecule has 4 rings (SSSR count). The van der Waals surface area contributed by atoms with Gasteiger partial charge in [-0.3, -0.25) is 9.59 Å². The molecule has 4 nitrogen and oxygen atoms in total. The summed E-state index contributed by atoms with van der Waals surface area (Å²) in [6.45, 7) is 1.43. The van der Waals surface area contributed by atoms with Gasteiger partial charge in [0.1, 0.15) is 0 Å². The first-order valence-corrected chi connectivity index (χ1v) is 9.16. The Labute approximate surface area is 156 Å². The third-order valence-electron chi connectivity index (χ3n) is 5.14. The van der Waals surface area contributed by atoms with Crippen molar-refractivity contribution in [1.82, 2.24) is 9.88 Å². The van der Waals surface area contributed by atoms with E-state index in [0.29, 0.717) is 29.4 Å². The summed E-state index contributed by atoms with van der Waals surface area (Å²) in [7, 11) is 0. The van der Waals surface area contributed by atoms with Crippen molar-refractivity contribution in [3.63, 3.8) is 0 Å². The van der Waals surface area contributed by atoms with Gasteiger partial charge in [0.2, 0.25) is 0 Å². The Balaban J connectivity index is 1.56. The summed E-state index contributed by atoms with van der Waals surface area (Å²) < 4.78 is 0. The minimum Gasteiger partial charge on any atom is -0.339 e. The Morgan fingerprint density at radius 2 is 1.77 bits per heavy atom. The summed E-state index contributed by atoms with van der Waals surface area (Å²) >= 11 is 6.04. The standard InChI is InChI=1S/C21H19ClN2O2/c22-16-6-7-17-18(12-16)20(25)23-13-19(17)14-8-10-24(11-9-14)21(26)15-4-2-1-3-5-15/h1-7,12-14H,8-11H2,(H,23,25). The predicted octanol–water partition coefficient (Wildman–Crippen LogP) is 4.20. The van der Waals surface area contributed by atoms with Crippen molar-refractivity contribution in [2.45, 2.75) is 18.8 Å². The van der Waals surface area contributed by atoms with Gasteiger partial charge in [-0.15, -0.1) is 0 Å². The van der Waals surface area contributed by atoms with Crippen LogP contribution >= 0.6 is 11.6 Å². The molecule has 1 fully saturated rings. The molecule has 1 saturated heterocycles. The summed E-state index contributed by atoms with van der Waals surface area (Å²) in [5.41, 5.74) is 1.74. The Kier molecular flexibility index (Phi) is 4.51. The lowest BCUT2D eigenvalue weighted by Crippen LogP contribution is -2.38. The molecule has 1 aromatic heterocycles. The number of pyridine rings is 1. The van der Waals surface area contributed by atoms with Crippen molar-refractivity contribution in [2.24, 2.45) is 0 Å². The van der Waals surface area contributed by atoms with E-state index in [4.69, 9.17) is 11.6 Å². The molecule has 1 aliphatic heterocycles. The second-order valence-corrected chi connectivity index (χ2v) is 7.13. The van der Waals surface area contributed by atoms with Gasteiger partial charge in [-0.05, 0) is 54.0 Å². The first kappa shape index (κ1) is 16.9. The predicted molar refractivity (Wildman–Crippen MR) is 104 cm³/mol. The molecule has 2 aromatic carbocycles. The van der Waals surface area contributed by atoms with Crippen molar-refractivity contribution in [3.8, 4) is 0 Å². The summed E-state index contributed by atoms with van der Waals surface area (Å²) in [5.74, 6) is 0.400. The van der Waals surface area contributed by atoms with Crippen LogP contribution in [-0.2, 0) is 0 Å². The number of halogens is 1. The number of rotatable bonds is 2. The van der Waals surface area contributed by atoms with Gasteiger partial charge in [0.25, 0.3) is 11.5 Å². The van der Waals surface area contributed by atoms with Crippen LogP contribution in [0.15, 0.2) is 59.5 Å². The van der Waals surface area contributed by atoms with E-state index < -0.39 is 0 Å². The fraction of sp³-hybridized carbons (Fsp3) is 0.238. The number of benzene rings is 2. The number of carbonyl (C=O) groups is 1. The van der Waals surface area contributed by atoms with Gasteiger partial charge in [-0.1, -0.05) is 35.9 Å². The Morgan fingerprint density at radius 1 is 1.04 bits per heavy atom. The number of likely N-dealkylation sites (tertiary alicyclic amines) is 1. The van der Waals surface area contributed by atoms with Gasteiger partial charge in [-0.25, -0.2) is 0 Å². The number of piperidine rings is 1. The lowest BCUT2D eigenvalue weighted by Gasteiger charge is -2.32. The van der Waals surface area contributed by atoms with Gasteiger partial charge in [0.05, 0.1) is 0 Å². The molecule has 1 aliphatic rings. The maximum absolute atomic E-state index is 12.6. The van der Waals surface area contributed by atoms with E-state index in [1.165, 1.54) is 0 Å². The molecule has 0 unspecified atom stereocenters. The van der Waals surface area contributed by atoms with Crippen LogP contribution in [0.5, 0.6) is 0 Å². The molecule has 0 radical (unpaired) electrons. The molecule has 1 amide bonds. The number of nitrogens with zero attached hydrogens (tertiary/aromatic N) is 1. The monoisotopic (exact) mass is 366 g/mol. The molecule has 26 heavy (non-hydrogen) atoms. The van der Waals surface area contributed by atoms with E-state index in [2.05, 4.69) is 4.98 Å². The molecule has 5 heteroatoms. The highest BCUT2D eigenvalue weighted by Gasteiger charge is 2.25. The smallest absolute Gasteiger partial charge is 0.255 e. The Hall–Kier alpha value is -2.59. The first-order valence-electron chi connectivity index (χ1n) is 8.78. The molecule has 3 aromatic rings. The SMILES string of the molecule is O=C(c1ccccc1)N1CCC(c2c[nH]c(=O)c3cc(Cl)ccc23)CC1. The first-order chi connectivity index (χ1) is 12.6. The van der Waals surface area contributed by atoms with Crippen LogP contribution in [0, 0.1) is 0 Å². The topological polar surface area (TPSA) is 53.2 Å². The van der Waals surface area contributed by atoms with Crippen molar-refractivity contribution in [2.75, 3.05) is 13.1 Å². The van der Waals surface area contributed by atoms with Crippen molar-refractivity contribution >= 4 is 28.3 Å². The van der Waals surface area contributed by atoms with Crippen LogP contribution in [0.2, 0.25) is 5.02 Å². The zero-order valence-corrected chi connectivity index (χ0v) is 15.0. The van der Waals surface area contributed by atoms with E-state index in [0.717, 1.165) is 29.4 Å². The average molecular weight is 367 g/mol. The molecule has 1 N–H and O–H groups in total. The molecule has 0 aliphatic carbocycles. The molecular formula is C21H19ClN2O2. The third kappa shape index (κ3) is 3.13. The fourth-order valence-electron chi connectivity index (χ4n) is 3.75. The molecule has 0 saturated carbocycles. The van der Waals surface area contributed by atoms with Gasteiger partial charge in [0, 0.05) is 35.3 Å². The summed E-state index contributed by atoms with van der Waals surface area (Å²) in [5, 5.41) is 2.13. The highest BCUT2D eigenvalue weighted by molar-refractivity contribution is 6.31. The highest BCUT2D eigenvalue weighted by atomic mass is 35.5. The number of aromatic amines is 1. The number of fused-ring (bicyclic) bond motifs is 1. The normalized spacial score (nSPS) is 15.3. The van der Waals surface area contributed by atoms with Crippen molar-refractivity contribution in [3.05, 3.63) is 81.2 Å². The zero-order valence-electron chi connectivity index (χ0n) is 14.2. The van der Waals surface area contributed by atoms with Crippen LogP contribution in [0.4, 0.5) is 0 Å². The fourth-order valence-corrected chi connectivity index (χ4v) is 3.92. The van der Waals surface area contributed by atoms with Gasteiger partial charge < -0.3 is 9.88 Å². The van der Waals surface area contributed by atoms with Crippen LogP contribution in [-0.4, -0.2) is 28.9 Å². The van der Waals surface area contributed by atoms with Crippen LogP contribution in [0.25, 0.3) is 10.8 Å². The maximum Gasteiger partial charge on any atom is 0.255 e. The Bertz CT molecular complexity index is 1010. The quantitative estimate of drug-likeness (QED) is 0.739. The number of H-pyrrole nitrogens is 1. The number of hydrogen-bond donors (Lipinski definition) is 1. The molecule has 0 bridgehead atoms. The van der Waals surface area contributed by atoms with Crippen molar-refractivity contribution in [1.29, 1.82) is 0 Å². The second-order valence-electron chi connectivity index (χ2n) is 6.70. The number of carbonyl (C=O) groups excluding carboxylic acids is 1. The number of aromatic nitrogens is 1. The van der Waals surface area contributed by atoms with Crippen LogP contribution in [0.1, 0.15) is 34.7 Å². The maximum atomic E-state index is 12.6. The number of amides is 1. The average Bonchev–Trinajstić information content (AvgIpc) is 2.69. The molecule has 0 spiro atoms. The minimum absolute atomic E-state index is 0.0853. The van der Waals surface area contributed by atoms with Gasteiger partial charge in [0.15, 0.2) is 0 Å². The molecular weight excluding hydrogens is 348 g/mol. The number of hydrogen-bond acceptors (Lipinski definition) is 2. The highest BCUT2D eigenvalue weighted by Crippen LogP contribution is 2.32. The molecule has 132 valence electrons. The summed E-state index contributed by atoms with van der Waals surface area (Å²) in [6.07, 6.45) is 3.57. The lowest BCUT2D eigenvalue weighted by atomic mass is 9.87. The van der Waals surface area contributed by atoms with Crippen LogP contribution in [0.3, 0.4) is 0 Å². The van der Waals surface area contributed by atoms with Crippen molar-refractivity contribution < 1.29 is 4.79 Å². The Morgan fingerprint density at radius 3 is 2.50 bits per heavy atom. The van der Waals surface area contributed by atoms with E-state index in [1.807, 2.05) is 53.6 Å². The zero-order chi connectivity index (χ0) is 18.1. The van der Waals surface area contributed by atoms with Gasteiger partial charge >= 0.3 is 0 Å². The summed E-state index contributed by atoms with van der Waals surface area (Å²) in [6, 6.07) is 14.9. The van der Waals surface area contributed by atoms with E-state index in [-0.39, 0.29) is 11.5 Å². The summed E-state index contributed by atoms with van der Waals surface area (Å²) in [4.78, 5) is 29.4. The lowest BCUT2D eigenvalue weighted by molar-refractivity contribution is 0.0713. The largest absolute Gasteiger partial charge is 0.339 e. The third-order valence-corrected chi connectivity index (χ3v) is 5.37. The van der Waals surface area contributed by atoms with Gasteiger partial charge in [-0.2, -0.15) is 0 Å². The molecule has 2 heterocycles. The van der Waals surface area contributed by atoms with E-state index in [1.54, 1.807) is 6.07 Å². The van der Waals surface area contributed by atoms with E-state index >= 15 is 0 Å². The van der Waals surface area contributed by atoms with Crippen LogP contribution < -0.4 is 5.56 Å². The van der Waals surface area contributed by atoms with E-state index in [9.17, 15) is 9.59 Å². The minimum atomic E-state index is -0.122. The number of nitrogens with one attached hydrogen (secondary N) is 1. The molecule has 0 atom stereocenters.